The molecule has 1 aromatic carbocycles. The van der Waals surface area contributed by atoms with Crippen LogP contribution in [0.15, 0.2) is 28.7 Å². The Morgan fingerprint density at radius 2 is 2.33 bits per heavy atom. The first kappa shape index (κ1) is 11.1. The Bertz CT molecular complexity index is 349. The molecular formula is C12H15BrO2. The number of hydrogen-bond acceptors (Lipinski definition) is 2. The van der Waals surface area contributed by atoms with Crippen LogP contribution in [0.3, 0.4) is 0 Å². The molecule has 2 nitrogen and oxygen atoms in total. The molecule has 0 unspecified atom stereocenters. The van der Waals surface area contributed by atoms with Crippen molar-refractivity contribution >= 4 is 15.9 Å². The van der Waals surface area contributed by atoms with E-state index in [4.69, 9.17) is 4.74 Å². The van der Waals surface area contributed by atoms with Crippen LogP contribution in [0.2, 0.25) is 0 Å². The number of aliphatic hydroxyl groups is 1. The minimum absolute atomic E-state index is 0.0197. The SMILES string of the molecule is C[C@]1(O)CCO[C@H](c2cccc(Br)c2)C1. The molecule has 0 radical (unpaired) electrons. The minimum atomic E-state index is -0.592. The summed E-state index contributed by atoms with van der Waals surface area (Å²) in [6, 6.07) is 8.07. The monoisotopic (exact) mass is 270 g/mol. The molecule has 0 aliphatic carbocycles. The van der Waals surface area contributed by atoms with Gasteiger partial charge in [0, 0.05) is 10.9 Å². The first-order chi connectivity index (χ1) is 7.07. The van der Waals surface area contributed by atoms with Crippen LogP contribution in [0.1, 0.15) is 31.4 Å². The Hall–Kier alpha value is -0.380. The van der Waals surface area contributed by atoms with Crippen LogP contribution < -0.4 is 0 Å². The van der Waals surface area contributed by atoms with Gasteiger partial charge in [0.05, 0.1) is 18.3 Å². The summed E-state index contributed by atoms with van der Waals surface area (Å²) >= 11 is 3.44. The Morgan fingerprint density at radius 1 is 1.53 bits per heavy atom. The fourth-order valence-electron chi connectivity index (χ4n) is 1.90. The molecule has 1 aromatic rings. The van der Waals surface area contributed by atoms with E-state index in [1.54, 1.807) is 0 Å². The van der Waals surface area contributed by atoms with E-state index in [0.29, 0.717) is 13.0 Å². The lowest BCUT2D eigenvalue weighted by molar-refractivity contribution is -0.0952. The molecule has 0 amide bonds. The molecule has 1 saturated heterocycles. The summed E-state index contributed by atoms with van der Waals surface area (Å²) in [5.41, 5.74) is 0.537. The largest absolute Gasteiger partial charge is 0.390 e. The molecule has 1 fully saturated rings. The van der Waals surface area contributed by atoms with Gasteiger partial charge in [-0.3, -0.25) is 0 Å². The van der Waals surface area contributed by atoms with Crippen LogP contribution in [0.5, 0.6) is 0 Å². The van der Waals surface area contributed by atoms with Crippen LogP contribution in [0, 0.1) is 0 Å². The number of ether oxygens (including phenoxy) is 1. The Morgan fingerprint density at radius 3 is 3.00 bits per heavy atom. The van der Waals surface area contributed by atoms with Gasteiger partial charge in [-0.2, -0.15) is 0 Å². The average molecular weight is 271 g/mol. The van der Waals surface area contributed by atoms with Crippen molar-refractivity contribution in [2.75, 3.05) is 6.61 Å². The van der Waals surface area contributed by atoms with E-state index in [0.717, 1.165) is 16.5 Å². The average Bonchev–Trinajstić information content (AvgIpc) is 2.16. The molecule has 1 heterocycles. The second-order valence-corrected chi connectivity index (χ2v) is 5.28. The molecule has 1 N–H and O–H groups in total. The molecule has 1 aliphatic heterocycles. The molecular weight excluding hydrogens is 256 g/mol. The highest BCUT2D eigenvalue weighted by Crippen LogP contribution is 2.34. The Balaban J connectivity index is 2.17. The van der Waals surface area contributed by atoms with E-state index in [9.17, 15) is 5.11 Å². The van der Waals surface area contributed by atoms with Crippen molar-refractivity contribution in [1.82, 2.24) is 0 Å². The highest BCUT2D eigenvalue weighted by atomic mass is 79.9. The summed E-state index contributed by atoms with van der Waals surface area (Å²) in [5.74, 6) is 0. The van der Waals surface area contributed by atoms with E-state index >= 15 is 0 Å². The lowest BCUT2D eigenvalue weighted by Crippen LogP contribution is -2.34. The molecule has 3 heteroatoms. The van der Waals surface area contributed by atoms with Crippen molar-refractivity contribution in [3.63, 3.8) is 0 Å². The van der Waals surface area contributed by atoms with E-state index in [1.165, 1.54) is 0 Å². The molecule has 15 heavy (non-hydrogen) atoms. The van der Waals surface area contributed by atoms with Gasteiger partial charge < -0.3 is 9.84 Å². The highest BCUT2D eigenvalue weighted by molar-refractivity contribution is 9.10. The van der Waals surface area contributed by atoms with Crippen molar-refractivity contribution in [3.8, 4) is 0 Å². The Labute approximate surface area is 98.4 Å². The molecule has 82 valence electrons. The fourth-order valence-corrected chi connectivity index (χ4v) is 2.32. The van der Waals surface area contributed by atoms with Crippen molar-refractivity contribution in [1.29, 1.82) is 0 Å². The van der Waals surface area contributed by atoms with Crippen LogP contribution >= 0.6 is 15.9 Å². The van der Waals surface area contributed by atoms with Crippen molar-refractivity contribution in [3.05, 3.63) is 34.3 Å². The topological polar surface area (TPSA) is 29.5 Å². The maximum atomic E-state index is 9.98. The standard InChI is InChI=1S/C12H15BrO2/c1-12(14)5-6-15-11(8-12)9-3-2-4-10(13)7-9/h2-4,7,11,14H,5-6,8H2,1H3/t11-,12-/m0/s1. The molecule has 0 saturated carbocycles. The van der Waals surface area contributed by atoms with Crippen molar-refractivity contribution in [2.45, 2.75) is 31.5 Å². The second-order valence-electron chi connectivity index (χ2n) is 4.37. The zero-order valence-electron chi connectivity index (χ0n) is 8.74. The van der Waals surface area contributed by atoms with Crippen LogP contribution in [-0.4, -0.2) is 17.3 Å². The third-order valence-electron chi connectivity index (χ3n) is 2.81. The van der Waals surface area contributed by atoms with Crippen molar-refractivity contribution in [2.24, 2.45) is 0 Å². The van der Waals surface area contributed by atoms with E-state index in [1.807, 2.05) is 31.2 Å². The van der Waals surface area contributed by atoms with Gasteiger partial charge in [-0.15, -0.1) is 0 Å². The summed E-state index contributed by atoms with van der Waals surface area (Å²) in [4.78, 5) is 0. The molecule has 0 spiro atoms. The molecule has 2 rings (SSSR count). The van der Waals surface area contributed by atoms with Gasteiger partial charge in [-0.1, -0.05) is 28.1 Å². The van der Waals surface area contributed by atoms with Crippen LogP contribution in [-0.2, 0) is 4.74 Å². The smallest absolute Gasteiger partial charge is 0.0852 e. The van der Waals surface area contributed by atoms with Gasteiger partial charge in [0.25, 0.3) is 0 Å². The van der Waals surface area contributed by atoms with Gasteiger partial charge in [0.2, 0.25) is 0 Å². The summed E-state index contributed by atoms with van der Waals surface area (Å²) in [5, 5.41) is 9.98. The number of rotatable bonds is 1. The normalized spacial score (nSPS) is 31.5. The fraction of sp³-hybridized carbons (Fsp3) is 0.500. The number of halogens is 1. The zero-order chi connectivity index (χ0) is 10.9. The van der Waals surface area contributed by atoms with Gasteiger partial charge in [-0.25, -0.2) is 0 Å². The van der Waals surface area contributed by atoms with E-state index in [-0.39, 0.29) is 6.10 Å². The van der Waals surface area contributed by atoms with Crippen LogP contribution in [0.4, 0.5) is 0 Å². The predicted octanol–water partition coefficient (Wildman–Crippen LogP) is 3.05. The maximum absolute atomic E-state index is 9.98. The van der Waals surface area contributed by atoms with E-state index < -0.39 is 5.60 Å². The number of benzene rings is 1. The van der Waals surface area contributed by atoms with E-state index in [2.05, 4.69) is 15.9 Å². The lowest BCUT2D eigenvalue weighted by Gasteiger charge is -2.34. The van der Waals surface area contributed by atoms with Gasteiger partial charge in [-0.05, 0) is 31.0 Å². The number of hydrogen-bond donors (Lipinski definition) is 1. The summed E-state index contributed by atoms with van der Waals surface area (Å²) in [6.45, 7) is 2.50. The predicted molar refractivity (Wildman–Crippen MR) is 62.7 cm³/mol. The van der Waals surface area contributed by atoms with Crippen LogP contribution in [0.25, 0.3) is 0 Å². The summed E-state index contributed by atoms with van der Waals surface area (Å²) < 4.78 is 6.72. The second kappa shape index (κ2) is 4.24. The lowest BCUT2D eigenvalue weighted by atomic mass is 9.89. The molecule has 2 atom stereocenters. The zero-order valence-corrected chi connectivity index (χ0v) is 10.3. The summed E-state index contributed by atoms with van der Waals surface area (Å²) in [7, 11) is 0. The molecule has 1 aliphatic rings. The third-order valence-corrected chi connectivity index (χ3v) is 3.30. The van der Waals surface area contributed by atoms with Gasteiger partial charge in [0.1, 0.15) is 0 Å². The first-order valence-corrected chi connectivity index (χ1v) is 5.96. The van der Waals surface area contributed by atoms with Gasteiger partial charge >= 0.3 is 0 Å². The quantitative estimate of drug-likeness (QED) is 0.850. The molecule has 0 bridgehead atoms. The maximum Gasteiger partial charge on any atom is 0.0852 e. The Kier molecular flexibility index (Phi) is 3.14. The van der Waals surface area contributed by atoms with Crippen molar-refractivity contribution < 1.29 is 9.84 Å². The molecule has 0 aromatic heterocycles. The van der Waals surface area contributed by atoms with Gasteiger partial charge in [0.15, 0.2) is 0 Å². The summed E-state index contributed by atoms with van der Waals surface area (Å²) in [6.07, 6.45) is 1.41. The first-order valence-electron chi connectivity index (χ1n) is 5.16. The minimum Gasteiger partial charge on any atom is -0.390 e. The highest BCUT2D eigenvalue weighted by Gasteiger charge is 2.31. The third kappa shape index (κ3) is 2.80.